The predicted octanol–water partition coefficient (Wildman–Crippen LogP) is 1.09. The number of nitrogens with zero attached hydrogens (tertiary/aromatic N) is 1. The van der Waals surface area contributed by atoms with Gasteiger partial charge in [-0.15, -0.1) is 0 Å². The van der Waals surface area contributed by atoms with Gasteiger partial charge in [-0.05, 0) is 18.2 Å². The number of halogens is 1. The Morgan fingerprint density at radius 2 is 2.21 bits per heavy atom. The van der Waals surface area contributed by atoms with Gasteiger partial charge in [-0.3, -0.25) is 4.79 Å². The molecular weight excluding hydrogens is 270 g/mol. The van der Waals surface area contributed by atoms with Crippen molar-refractivity contribution in [2.75, 3.05) is 13.7 Å². The van der Waals surface area contributed by atoms with Crippen LogP contribution in [-0.2, 0) is 9.53 Å². The van der Waals surface area contributed by atoms with Gasteiger partial charge in [0.2, 0.25) is 0 Å². The van der Waals surface area contributed by atoms with E-state index in [4.69, 9.17) is 11.6 Å². The summed E-state index contributed by atoms with van der Waals surface area (Å²) in [6.07, 6.45) is -0.522. The Labute approximate surface area is 115 Å². The average Bonchev–Trinajstić information content (AvgIpc) is 2.79. The minimum atomic E-state index is -0.744. The number of aliphatic hydroxyl groups excluding tert-OH is 1. The van der Waals surface area contributed by atoms with Crippen molar-refractivity contribution in [3.63, 3.8) is 0 Å². The molecule has 5 nitrogen and oxygen atoms in total. The lowest BCUT2D eigenvalue weighted by Gasteiger charge is -2.22. The van der Waals surface area contributed by atoms with Gasteiger partial charge in [0.1, 0.15) is 6.04 Å². The van der Waals surface area contributed by atoms with Crippen LogP contribution in [0.2, 0.25) is 5.02 Å². The molecule has 1 aliphatic rings. The summed E-state index contributed by atoms with van der Waals surface area (Å²) < 4.78 is 4.65. The number of hydrogen-bond acceptors (Lipinski definition) is 4. The number of β-amino-alcohol motifs (C(OH)–C–C–N with tert-alkyl or cyclic N) is 1. The number of likely N-dealkylation sites (tertiary alicyclic amines) is 1. The van der Waals surface area contributed by atoms with Crippen molar-refractivity contribution in [1.82, 2.24) is 4.90 Å². The average molecular weight is 284 g/mol. The van der Waals surface area contributed by atoms with Crippen molar-refractivity contribution in [2.24, 2.45) is 0 Å². The van der Waals surface area contributed by atoms with Crippen molar-refractivity contribution in [3.05, 3.63) is 34.9 Å². The van der Waals surface area contributed by atoms with E-state index in [2.05, 4.69) is 4.74 Å². The second kappa shape index (κ2) is 5.59. The van der Waals surface area contributed by atoms with Gasteiger partial charge in [0.25, 0.3) is 5.91 Å². The predicted molar refractivity (Wildman–Crippen MR) is 68.9 cm³/mol. The zero-order chi connectivity index (χ0) is 14.0. The Morgan fingerprint density at radius 1 is 1.47 bits per heavy atom. The fraction of sp³-hybridized carbons (Fsp3) is 0.385. The second-order valence-corrected chi connectivity index (χ2v) is 4.83. The highest BCUT2D eigenvalue weighted by atomic mass is 35.5. The van der Waals surface area contributed by atoms with Gasteiger partial charge < -0.3 is 14.7 Å². The maximum atomic E-state index is 12.3. The number of aliphatic hydroxyl groups is 1. The molecule has 0 aliphatic carbocycles. The number of methoxy groups -OCH3 is 1. The van der Waals surface area contributed by atoms with Crippen molar-refractivity contribution in [2.45, 2.75) is 18.6 Å². The number of rotatable bonds is 2. The molecular formula is C13H14ClNO4. The molecule has 6 heteroatoms. The Balaban J connectivity index is 2.24. The fourth-order valence-electron chi connectivity index (χ4n) is 2.19. The van der Waals surface area contributed by atoms with Gasteiger partial charge in [0.15, 0.2) is 0 Å². The Morgan fingerprint density at radius 3 is 2.84 bits per heavy atom. The number of ether oxygens (including phenoxy) is 1. The molecule has 2 rings (SSSR count). The summed E-state index contributed by atoms with van der Waals surface area (Å²) in [5, 5.41) is 10.1. The lowest BCUT2D eigenvalue weighted by atomic mass is 10.1. The van der Waals surface area contributed by atoms with Crippen LogP contribution in [0.3, 0.4) is 0 Å². The number of esters is 1. The van der Waals surface area contributed by atoms with Gasteiger partial charge in [0, 0.05) is 23.6 Å². The maximum Gasteiger partial charge on any atom is 0.328 e. The van der Waals surface area contributed by atoms with Crippen molar-refractivity contribution < 1.29 is 19.4 Å². The summed E-state index contributed by atoms with van der Waals surface area (Å²) in [7, 11) is 1.26. The van der Waals surface area contributed by atoms with E-state index in [1.165, 1.54) is 18.1 Å². The van der Waals surface area contributed by atoms with Crippen molar-refractivity contribution in [3.8, 4) is 0 Å². The molecule has 1 amide bonds. The molecule has 0 radical (unpaired) electrons. The van der Waals surface area contributed by atoms with Gasteiger partial charge >= 0.3 is 5.97 Å². The van der Waals surface area contributed by atoms with Crippen LogP contribution in [0.5, 0.6) is 0 Å². The van der Waals surface area contributed by atoms with E-state index in [0.717, 1.165) is 0 Å². The second-order valence-electron chi connectivity index (χ2n) is 4.40. The zero-order valence-corrected chi connectivity index (χ0v) is 11.1. The summed E-state index contributed by atoms with van der Waals surface area (Å²) in [5.41, 5.74) is 0.385. The Kier molecular flexibility index (Phi) is 4.07. The van der Waals surface area contributed by atoms with E-state index in [0.29, 0.717) is 10.6 Å². The molecule has 0 aromatic heterocycles. The Bertz CT molecular complexity index is 505. The van der Waals surface area contributed by atoms with Gasteiger partial charge in [-0.25, -0.2) is 4.79 Å². The highest BCUT2D eigenvalue weighted by Gasteiger charge is 2.39. The number of benzene rings is 1. The van der Waals surface area contributed by atoms with Gasteiger partial charge in [-0.1, -0.05) is 17.7 Å². The molecule has 1 aromatic carbocycles. The molecule has 1 saturated heterocycles. The SMILES string of the molecule is COC(=O)C1CC(O)CN1C(=O)c1cccc(Cl)c1. The molecule has 102 valence electrons. The summed E-state index contributed by atoms with van der Waals surface area (Å²) in [4.78, 5) is 25.3. The molecule has 0 spiro atoms. The van der Waals surface area contributed by atoms with Crippen LogP contribution in [0, 0.1) is 0 Å². The highest BCUT2D eigenvalue weighted by molar-refractivity contribution is 6.31. The first-order valence-electron chi connectivity index (χ1n) is 5.85. The first-order chi connectivity index (χ1) is 9.02. The van der Waals surface area contributed by atoms with Gasteiger partial charge in [0.05, 0.1) is 13.2 Å². The van der Waals surface area contributed by atoms with Crippen LogP contribution in [-0.4, -0.2) is 47.7 Å². The van der Waals surface area contributed by atoms with E-state index < -0.39 is 18.1 Å². The molecule has 1 N–H and O–H groups in total. The fourth-order valence-corrected chi connectivity index (χ4v) is 2.38. The molecule has 1 heterocycles. The molecule has 1 aliphatic heterocycles. The summed E-state index contributed by atoms with van der Waals surface area (Å²) in [5.74, 6) is -0.860. The minimum Gasteiger partial charge on any atom is -0.467 e. The minimum absolute atomic E-state index is 0.116. The van der Waals surface area contributed by atoms with Crippen LogP contribution < -0.4 is 0 Å². The quantitative estimate of drug-likeness (QED) is 0.825. The third-order valence-electron chi connectivity index (χ3n) is 3.08. The number of hydrogen-bond donors (Lipinski definition) is 1. The first kappa shape index (κ1) is 13.8. The topological polar surface area (TPSA) is 66.8 Å². The highest BCUT2D eigenvalue weighted by Crippen LogP contribution is 2.22. The monoisotopic (exact) mass is 283 g/mol. The molecule has 2 atom stereocenters. The van der Waals surface area contributed by atoms with Crippen LogP contribution >= 0.6 is 11.6 Å². The molecule has 19 heavy (non-hydrogen) atoms. The van der Waals surface area contributed by atoms with Crippen LogP contribution in [0.4, 0.5) is 0 Å². The number of carbonyl (C=O) groups is 2. The third-order valence-corrected chi connectivity index (χ3v) is 3.32. The van der Waals surface area contributed by atoms with Crippen molar-refractivity contribution >= 4 is 23.5 Å². The molecule has 0 bridgehead atoms. The molecule has 1 aromatic rings. The van der Waals surface area contributed by atoms with Crippen molar-refractivity contribution in [1.29, 1.82) is 0 Å². The largest absolute Gasteiger partial charge is 0.467 e. The number of carbonyl (C=O) groups excluding carboxylic acids is 2. The van der Waals surface area contributed by atoms with E-state index in [9.17, 15) is 14.7 Å². The van der Waals surface area contributed by atoms with E-state index in [1.54, 1.807) is 18.2 Å². The molecule has 2 unspecified atom stereocenters. The first-order valence-corrected chi connectivity index (χ1v) is 6.23. The van der Waals surface area contributed by atoms with E-state index in [-0.39, 0.29) is 18.9 Å². The van der Waals surface area contributed by atoms with Crippen LogP contribution in [0.15, 0.2) is 24.3 Å². The van der Waals surface area contributed by atoms with E-state index in [1.807, 2.05) is 0 Å². The lowest BCUT2D eigenvalue weighted by Crippen LogP contribution is -2.41. The number of amides is 1. The molecule has 0 saturated carbocycles. The third kappa shape index (κ3) is 2.88. The molecule has 1 fully saturated rings. The van der Waals surface area contributed by atoms with Gasteiger partial charge in [-0.2, -0.15) is 0 Å². The smallest absolute Gasteiger partial charge is 0.328 e. The van der Waals surface area contributed by atoms with E-state index >= 15 is 0 Å². The zero-order valence-electron chi connectivity index (χ0n) is 10.4. The summed E-state index contributed by atoms with van der Waals surface area (Å²) in [6, 6.07) is 5.73. The standard InChI is InChI=1S/C13H14ClNO4/c1-19-13(18)11-6-10(16)7-15(11)12(17)8-3-2-4-9(14)5-8/h2-5,10-11,16H,6-7H2,1H3. The Hall–Kier alpha value is -1.59. The lowest BCUT2D eigenvalue weighted by molar-refractivity contribution is -0.145. The van der Waals surface area contributed by atoms with Crippen LogP contribution in [0.1, 0.15) is 16.8 Å². The summed E-state index contributed by atoms with van der Waals surface area (Å²) >= 11 is 5.84. The normalized spacial score (nSPS) is 22.4. The summed E-state index contributed by atoms with van der Waals surface area (Å²) in [6.45, 7) is 0.116. The van der Waals surface area contributed by atoms with Crippen LogP contribution in [0.25, 0.3) is 0 Å². The maximum absolute atomic E-state index is 12.3.